The second-order valence-electron chi connectivity index (χ2n) is 7.75. The van der Waals surface area contributed by atoms with Gasteiger partial charge in [0.05, 0.1) is 16.1 Å². The summed E-state index contributed by atoms with van der Waals surface area (Å²) in [6.07, 6.45) is 3.13. The number of rotatable bonds is 4. The lowest BCUT2D eigenvalue weighted by Crippen LogP contribution is -2.34. The summed E-state index contributed by atoms with van der Waals surface area (Å²) in [4.78, 5) is 30.5. The molecule has 32 heavy (non-hydrogen) atoms. The molecule has 0 atom stereocenters. The van der Waals surface area contributed by atoms with Crippen LogP contribution in [0, 0.1) is 17.0 Å². The van der Waals surface area contributed by atoms with E-state index in [0.29, 0.717) is 11.4 Å². The van der Waals surface area contributed by atoms with E-state index < -0.39 is 10.8 Å². The number of benzene rings is 2. The minimum Gasteiger partial charge on any atom is -0.366 e. The van der Waals surface area contributed by atoms with Crippen molar-refractivity contribution in [3.8, 4) is 0 Å². The van der Waals surface area contributed by atoms with Crippen LogP contribution in [0.5, 0.6) is 0 Å². The monoisotopic (exact) mass is 449 g/mol. The lowest BCUT2D eigenvalue weighted by Gasteiger charge is -2.28. The zero-order valence-electron chi connectivity index (χ0n) is 17.6. The Morgan fingerprint density at radius 2 is 1.91 bits per heavy atom. The zero-order valence-corrected chi connectivity index (χ0v) is 18.4. The fraction of sp³-hybridized carbons (Fsp3) is 0.261. The third-order valence-electron chi connectivity index (χ3n) is 5.47. The van der Waals surface area contributed by atoms with E-state index in [9.17, 15) is 14.9 Å². The first-order valence-electron chi connectivity index (χ1n) is 10.4. The van der Waals surface area contributed by atoms with E-state index >= 15 is 0 Å². The largest absolute Gasteiger partial charge is 0.366 e. The third-order valence-corrected chi connectivity index (χ3v) is 5.67. The first-order valence-corrected chi connectivity index (χ1v) is 10.9. The standard InChI is InChI=1S/C23H23N5O3S/c1-15-8-9-16-6-5-7-18(21(16)24-15)25-23(32)26-22(29)17-10-11-19(20(14-17)28(30)31)27-12-3-2-4-13-27/h5-11,14H,2-4,12-13H2,1H3,(H2,25,26,29,32). The molecule has 1 saturated heterocycles. The summed E-state index contributed by atoms with van der Waals surface area (Å²) in [5.74, 6) is -0.514. The van der Waals surface area contributed by atoms with E-state index in [0.717, 1.165) is 48.9 Å². The first kappa shape index (κ1) is 21.6. The molecule has 0 bridgehead atoms. The Bertz CT molecular complexity index is 1210. The summed E-state index contributed by atoms with van der Waals surface area (Å²) in [5, 5.41) is 18.3. The molecule has 0 unspecified atom stereocenters. The van der Waals surface area contributed by atoms with E-state index in [4.69, 9.17) is 12.2 Å². The fourth-order valence-corrected chi connectivity index (χ4v) is 4.09. The van der Waals surface area contributed by atoms with Crippen molar-refractivity contribution in [3.63, 3.8) is 0 Å². The van der Waals surface area contributed by atoms with Crippen molar-refractivity contribution in [1.82, 2.24) is 10.3 Å². The van der Waals surface area contributed by atoms with Gasteiger partial charge in [-0.2, -0.15) is 0 Å². The maximum absolute atomic E-state index is 12.7. The zero-order chi connectivity index (χ0) is 22.7. The lowest BCUT2D eigenvalue weighted by atomic mass is 10.1. The van der Waals surface area contributed by atoms with Gasteiger partial charge in [-0.15, -0.1) is 0 Å². The van der Waals surface area contributed by atoms with Crippen molar-refractivity contribution >= 4 is 51.2 Å². The third kappa shape index (κ3) is 4.67. The van der Waals surface area contributed by atoms with Crippen LogP contribution < -0.4 is 15.5 Å². The van der Waals surface area contributed by atoms with E-state index in [-0.39, 0.29) is 16.4 Å². The molecule has 0 spiro atoms. The van der Waals surface area contributed by atoms with Crippen molar-refractivity contribution in [1.29, 1.82) is 0 Å². The Balaban J connectivity index is 1.51. The number of aryl methyl sites for hydroxylation is 1. The molecular weight excluding hydrogens is 426 g/mol. The van der Waals surface area contributed by atoms with E-state index in [1.807, 2.05) is 42.2 Å². The molecule has 8 nitrogen and oxygen atoms in total. The summed E-state index contributed by atoms with van der Waals surface area (Å²) >= 11 is 5.31. The smallest absolute Gasteiger partial charge is 0.293 e. The normalized spacial score (nSPS) is 13.6. The number of thiocarbonyl (C=S) groups is 1. The van der Waals surface area contributed by atoms with Gasteiger partial charge in [0, 0.05) is 35.8 Å². The highest BCUT2D eigenvalue weighted by molar-refractivity contribution is 7.80. The Morgan fingerprint density at radius 3 is 2.66 bits per heavy atom. The number of nitrogens with one attached hydrogen (secondary N) is 2. The predicted octanol–water partition coefficient (Wildman–Crippen LogP) is 4.57. The second kappa shape index (κ2) is 9.27. The van der Waals surface area contributed by atoms with Gasteiger partial charge in [-0.05, 0) is 62.7 Å². The van der Waals surface area contributed by atoms with Gasteiger partial charge in [-0.25, -0.2) is 0 Å². The molecule has 2 N–H and O–H groups in total. The molecule has 0 aliphatic carbocycles. The predicted molar refractivity (Wildman–Crippen MR) is 129 cm³/mol. The highest BCUT2D eigenvalue weighted by Gasteiger charge is 2.23. The van der Waals surface area contributed by atoms with E-state index in [1.54, 1.807) is 12.1 Å². The number of fused-ring (bicyclic) bond motifs is 1. The van der Waals surface area contributed by atoms with E-state index in [2.05, 4.69) is 15.6 Å². The van der Waals surface area contributed by atoms with Gasteiger partial charge in [0.2, 0.25) is 0 Å². The number of pyridine rings is 1. The molecule has 1 aliphatic rings. The highest BCUT2D eigenvalue weighted by Crippen LogP contribution is 2.31. The molecule has 9 heteroatoms. The number of aromatic nitrogens is 1. The van der Waals surface area contributed by atoms with Crippen molar-refractivity contribution in [3.05, 3.63) is 69.9 Å². The van der Waals surface area contributed by atoms with Crippen LogP contribution in [0.4, 0.5) is 17.1 Å². The minimum absolute atomic E-state index is 0.0767. The fourth-order valence-electron chi connectivity index (χ4n) is 3.89. The van der Waals surface area contributed by atoms with Crippen LogP contribution in [-0.4, -0.2) is 34.0 Å². The van der Waals surface area contributed by atoms with Gasteiger partial charge in [-0.1, -0.05) is 18.2 Å². The van der Waals surface area contributed by atoms with E-state index in [1.165, 1.54) is 6.07 Å². The van der Waals surface area contributed by atoms with Crippen LogP contribution >= 0.6 is 12.2 Å². The van der Waals surface area contributed by atoms with Gasteiger partial charge in [0.25, 0.3) is 11.6 Å². The number of anilines is 2. The minimum atomic E-state index is -0.514. The molecule has 2 aromatic carbocycles. The maximum atomic E-state index is 12.7. The van der Waals surface area contributed by atoms with Crippen LogP contribution in [-0.2, 0) is 0 Å². The Kier molecular flexibility index (Phi) is 6.27. The lowest BCUT2D eigenvalue weighted by molar-refractivity contribution is -0.384. The molecule has 1 fully saturated rings. The number of carbonyl (C=O) groups excluding carboxylic acids is 1. The molecule has 1 aromatic heterocycles. The van der Waals surface area contributed by atoms with Gasteiger partial charge < -0.3 is 10.2 Å². The van der Waals surface area contributed by atoms with Gasteiger partial charge in [0.1, 0.15) is 5.69 Å². The van der Waals surface area contributed by atoms with Crippen molar-refractivity contribution in [2.75, 3.05) is 23.3 Å². The number of nitro groups is 1. The molecule has 3 aromatic rings. The number of carbonyl (C=O) groups is 1. The van der Waals surface area contributed by atoms with Crippen LogP contribution in [0.2, 0.25) is 0 Å². The molecule has 1 aliphatic heterocycles. The van der Waals surface area contributed by atoms with Crippen molar-refractivity contribution in [2.45, 2.75) is 26.2 Å². The Labute approximate surface area is 190 Å². The summed E-state index contributed by atoms with van der Waals surface area (Å²) in [6, 6.07) is 14.1. The summed E-state index contributed by atoms with van der Waals surface area (Å²) in [7, 11) is 0. The summed E-state index contributed by atoms with van der Waals surface area (Å²) in [5.41, 5.74) is 2.92. The number of nitrogens with zero attached hydrogens (tertiary/aromatic N) is 3. The summed E-state index contributed by atoms with van der Waals surface area (Å²) in [6.45, 7) is 3.45. The molecule has 164 valence electrons. The molecule has 2 heterocycles. The molecular formula is C23H23N5O3S. The number of piperidine rings is 1. The van der Waals surface area contributed by atoms with Gasteiger partial charge >= 0.3 is 0 Å². The van der Waals surface area contributed by atoms with Crippen molar-refractivity contribution in [2.24, 2.45) is 0 Å². The highest BCUT2D eigenvalue weighted by atomic mass is 32.1. The number of para-hydroxylation sites is 1. The Hall–Kier alpha value is -3.59. The van der Waals surface area contributed by atoms with Crippen molar-refractivity contribution < 1.29 is 9.72 Å². The van der Waals surface area contributed by atoms with Crippen LogP contribution in [0.1, 0.15) is 35.3 Å². The molecule has 1 amide bonds. The average molecular weight is 450 g/mol. The Morgan fingerprint density at radius 1 is 1.12 bits per heavy atom. The first-order chi connectivity index (χ1) is 15.4. The summed E-state index contributed by atoms with van der Waals surface area (Å²) < 4.78 is 0. The molecule has 0 saturated carbocycles. The quantitative estimate of drug-likeness (QED) is 0.342. The topological polar surface area (TPSA) is 100 Å². The second-order valence-corrected chi connectivity index (χ2v) is 8.15. The maximum Gasteiger partial charge on any atom is 0.293 e. The molecule has 0 radical (unpaired) electrons. The van der Waals surface area contributed by atoms with Crippen LogP contribution in [0.15, 0.2) is 48.5 Å². The van der Waals surface area contributed by atoms with Gasteiger partial charge in [0.15, 0.2) is 5.11 Å². The number of amides is 1. The van der Waals surface area contributed by atoms with Crippen LogP contribution in [0.3, 0.4) is 0 Å². The number of nitro benzene ring substituents is 1. The molecule has 4 rings (SSSR count). The number of hydrogen-bond acceptors (Lipinski definition) is 6. The van der Waals surface area contributed by atoms with Gasteiger partial charge in [-0.3, -0.25) is 25.2 Å². The SMILES string of the molecule is Cc1ccc2cccc(NC(=S)NC(=O)c3ccc(N4CCCCC4)c([N+](=O)[O-])c3)c2n1. The van der Waals surface area contributed by atoms with Crippen LogP contribution in [0.25, 0.3) is 10.9 Å². The average Bonchev–Trinajstić information content (AvgIpc) is 2.79. The number of hydrogen-bond donors (Lipinski definition) is 2.